The highest BCUT2D eigenvalue weighted by Gasteiger charge is 2.30. The molecule has 6 heteroatoms. The highest BCUT2D eigenvalue weighted by atomic mass is 32.2. The Hall–Kier alpha value is -2.47. The number of rotatable bonds is 5. The van der Waals surface area contributed by atoms with E-state index in [-0.39, 0.29) is 11.9 Å². The molecule has 0 saturated carbocycles. The molecule has 0 fully saturated rings. The van der Waals surface area contributed by atoms with Crippen molar-refractivity contribution >= 4 is 17.7 Å². The summed E-state index contributed by atoms with van der Waals surface area (Å²) in [4.78, 5) is 18.9. The van der Waals surface area contributed by atoms with Crippen LogP contribution in [0.15, 0.2) is 58.4 Å². The average Bonchev–Trinajstić information content (AvgIpc) is 3.38. The SMILES string of the molecule is CN(C(=O)c1ccc(CSc2nccn2C)o1)[C@@H]1CCc2ccccc21. The fourth-order valence-electron chi connectivity index (χ4n) is 3.45. The van der Waals surface area contributed by atoms with Crippen molar-refractivity contribution in [3.63, 3.8) is 0 Å². The second-order valence-electron chi connectivity index (χ2n) is 6.54. The molecular weight excluding hydrogens is 346 g/mol. The summed E-state index contributed by atoms with van der Waals surface area (Å²) in [5.41, 5.74) is 2.59. The number of aromatic nitrogens is 2. The summed E-state index contributed by atoms with van der Waals surface area (Å²) in [6.45, 7) is 0. The standard InChI is InChI=1S/C20H21N3O2S/c1-22-12-11-21-20(22)26-13-15-8-10-18(25-15)19(24)23(2)17-9-7-14-5-3-4-6-16(14)17/h3-6,8,10-12,17H,7,9,13H2,1-2H3/t17-/m1/s1. The van der Waals surface area contributed by atoms with Gasteiger partial charge < -0.3 is 13.9 Å². The molecular formula is C20H21N3O2S. The number of hydrogen-bond donors (Lipinski definition) is 0. The van der Waals surface area contributed by atoms with E-state index in [4.69, 9.17) is 4.42 Å². The molecule has 3 aromatic rings. The smallest absolute Gasteiger partial charge is 0.289 e. The summed E-state index contributed by atoms with van der Waals surface area (Å²) < 4.78 is 7.77. The molecule has 0 aliphatic heterocycles. The van der Waals surface area contributed by atoms with E-state index in [1.807, 2.05) is 37.0 Å². The molecule has 0 saturated heterocycles. The Morgan fingerprint density at radius 2 is 2.19 bits per heavy atom. The van der Waals surface area contributed by atoms with Gasteiger partial charge in [-0.2, -0.15) is 0 Å². The second kappa shape index (κ2) is 7.03. The number of hydrogen-bond acceptors (Lipinski definition) is 4. The van der Waals surface area contributed by atoms with Crippen molar-refractivity contribution in [3.8, 4) is 0 Å². The normalized spacial score (nSPS) is 15.8. The lowest BCUT2D eigenvalue weighted by Crippen LogP contribution is -2.29. The molecule has 4 rings (SSSR count). The van der Waals surface area contributed by atoms with E-state index in [1.54, 1.807) is 28.9 Å². The molecule has 0 bridgehead atoms. The van der Waals surface area contributed by atoms with E-state index in [1.165, 1.54) is 11.1 Å². The lowest BCUT2D eigenvalue weighted by molar-refractivity contribution is 0.0697. The van der Waals surface area contributed by atoms with E-state index in [0.717, 1.165) is 23.8 Å². The van der Waals surface area contributed by atoms with Crippen LogP contribution in [0, 0.1) is 0 Å². The van der Waals surface area contributed by atoms with Crippen LogP contribution in [0.25, 0.3) is 0 Å². The van der Waals surface area contributed by atoms with E-state index in [0.29, 0.717) is 11.5 Å². The number of nitrogens with zero attached hydrogens (tertiary/aromatic N) is 3. The number of benzene rings is 1. The van der Waals surface area contributed by atoms with Crippen LogP contribution >= 0.6 is 11.8 Å². The van der Waals surface area contributed by atoms with Gasteiger partial charge in [0.1, 0.15) is 5.76 Å². The molecule has 1 atom stereocenters. The maximum absolute atomic E-state index is 12.9. The summed E-state index contributed by atoms with van der Waals surface area (Å²) in [6.07, 6.45) is 5.66. The van der Waals surface area contributed by atoms with Crippen molar-refractivity contribution in [1.82, 2.24) is 14.5 Å². The number of thioether (sulfide) groups is 1. The third-order valence-corrected chi connectivity index (χ3v) is 5.96. The summed E-state index contributed by atoms with van der Waals surface area (Å²) >= 11 is 1.59. The largest absolute Gasteiger partial charge is 0.455 e. The Morgan fingerprint density at radius 1 is 1.35 bits per heavy atom. The molecule has 0 spiro atoms. The number of aryl methyl sites for hydroxylation is 2. The summed E-state index contributed by atoms with van der Waals surface area (Å²) in [7, 11) is 3.82. The molecule has 1 aliphatic carbocycles. The lowest BCUT2D eigenvalue weighted by Gasteiger charge is -2.24. The van der Waals surface area contributed by atoms with Crippen LogP contribution in [-0.4, -0.2) is 27.4 Å². The molecule has 134 valence electrons. The van der Waals surface area contributed by atoms with Crippen LogP contribution in [-0.2, 0) is 19.2 Å². The summed E-state index contributed by atoms with van der Waals surface area (Å²) in [5.74, 6) is 1.75. The van der Waals surface area contributed by atoms with E-state index in [9.17, 15) is 4.79 Å². The monoisotopic (exact) mass is 367 g/mol. The first-order valence-electron chi connectivity index (χ1n) is 8.67. The molecule has 1 amide bonds. The van der Waals surface area contributed by atoms with Crippen LogP contribution in [0.3, 0.4) is 0 Å². The van der Waals surface area contributed by atoms with Gasteiger partial charge in [-0.3, -0.25) is 4.79 Å². The molecule has 5 nitrogen and oxygen atoms in total. The van der Waals surface area contributed by atoms with Crippen molar-refractivity contribution in [3.05, 3.63) is 71.4 Å². The summed E-state index contributed by atoms with van der Waals surface area (Å²) in [6, 6.07) is 12.1. The van der Waals surface area contributed by atoms with Gasteiger partial charge in [0.25, 0.3) is 5.91 Å². The Labute approximate surface area is 157 Å². The highest BCUT2D eigenvalue weighted by molar-refractivity contribution is 7.98. The summed E-state index contributed by atoms with van der Waals surface area (Å²) in [5, 5.41) is 0.925. The van der Waals surface area contributed by atoms with Crippen LogP contribution in [0.5, 0.6) is 0 Å². The third-order valence-electron chi connectivity index (χ3n) is 4.88. The predicted molar refractivity (Wildman–Crippen MR) is 101 cm³/mol. The molecule has 1 aliphatic rings. The van der Waals surface area contributed by atoms with Gasteiger partial charge in [0, 0.05) is 26.5 Å². The van der Waals surface area contributed by atoms with Gasteiger partial charge in [-0.15, -0.1) is 0 Å². The Kier molecular flexibility index (Phi) is 4.59. The Balaban J connectivity index is 1.44. The molecule has 26 heavy (non-hydrogen) atoms. The fraction of sp³-hybridized carbons (Fsp3) is 0.300. The molecule has 1 aromatic carbocycles. The minimum absolute atomic E-state index is 0.0695. The topological polar surface area (TPSA) is 51.3 Å². The minimum atomic E-state index is -0.0695. The first-order chi connectivity index (χ1) is 12.6. The minimum Gasteiger partial charge on any atom is -0.455 e. The zero-order valence-corrected chi connectivity index (χ0v) is 15.7. The van der Waals surface area contributed by atoms with Crippen molar-refractivity contribution in [2.75, 3.05) is 7.05 Å². The van der Waals surface area contributed by atoms with Crippen LogP contribution in [0.2, 0.25) is 0 Å². The van der Waals surface area contributed by atoms with Crippen molar-refractivity contribution in [2.24, 2.45) is 7.05 Å². The third kappa shape index (κ3) is 3.17. The Morgan fingerprint density at radius 3 is 3.00 bits per heavy atom. The number of carbonyl (C=O) groups is 1. The first-order valence-corrected chi connectivity index (χ1v) is 9.66. The molecule has 0 N–H and O–H groups in total. The lowest BCUT2D eigenvalue weighted by atomic mass is 10.1. The number of furan rings is 1. The molecule has 2 aromatic heterocycles. The zero-order chi connectivity index (χ0) is 18.1. The number of amides is 1. The van der Waals surface area contributed by atoms with Crippen LogP contribution < -0.4 is 0 Å². The van der Waals surface area contributed by atoms with Gasteiger partial charge in [-0.1, -0.05) is 36.0 Å². The van der Waals surface area contributed by atoms with Gasteiger partial charge in [0.2, 0.25) is 0 Å². The number of imidazole rings is 1. The van der Waals surface area contributed by atoms with E-state index < -0.39 is 0 Å². The van der Waals surface area contributed by atoms with Crippen molar-refractivity contribution in [1.29, 1.82) is 0 Å². The highest BCUT2D eigenvalue weighted by Crippen LogP contribution is 2.35. The van der Waals surface area contributed by atoms with Crippen LogP contribution in [0.4, 0.5) is 0 Å². The molecule has 0 unspecified atom stereocenters. The van der Waals surface area contributed by atoms with Crippen molar-refractivity contribution < 1.29 is 9.21 Å². The van der Waals surface area contributed by atoms with E-state index in [2.05, 4.69) is 23.2 Å². The van der Waals surface area contributed by atoms with Gasteiger partial charge in [0.15, 0.2) is 10.9 Å². The average molecular weight is 367 g/mol. The zero-order valence-electron chi connectivity index (χ0n) is 14.9. The van der Waals surface area contributed by atoms with Crippen LogP contribution in [0.1, 0.15) is 39.9 Å². The van der Waals surface area contributed by atoms with Gasteiger partial charge >= 0.3 is 0 Å². The Bertz CT molecular complexity index is 931. The quantitative estimate of drug-likeness (QED) is 0.638. The number of carbonyl (C=O) groups excluding carboxylic acids is 1. The molecule has 0 radical (unpaired) electrons. The maximum Gasteiger partial charge on any atom is 0.289 e. The molecule has 2 heterocycles. The predicted octanol–water partition coefficient (Wildman–Crippen LogP) is 4.06. The number of fused-ring (bicyclic) bond motifs is 1. The second-order valence-corrected chi connectivity index (χ2v) is 7.49. The van der Waals surface area contributed by atoms with Gasteiger partial charge in [0.05, 0.1) is 11.8 Å². The van der Waals surface area contributed by atoms with Gasteiger partial charge in [-0.25, -0.2) is 4.98 Å². The maximum atomic E-state index is 12.9. The fourth-order valence-corrected chi connectivity index (χ4v) is 4.28. The van der Waals surface area contributed by atoms with Crippen molar-refractivity contribution in [2.45, 2.75) is 29.8 Å². The van der Waals surface area contributed by atoms with E-state index >= 15 is 0 Å². The first kappa shape index (κ1) is 17.0. The van der Waals surface area contributed by atoms with Gasteiger partial charge in [-0.05, 0) is 36.1 Å².